The molecular weight excluding hydrogens is 443 g/mol. The van der Waals surface area contributed by atoms with Crippen molar-refractivity contribution in [2.24, 2.45) is 0 Å². The van der Waals surface area contributed by atoms with Crippen LogP contribution in [0, 0.1) is 3.57 Å². The zero-order chi connectivity index (χ0) is 18.5. The fourth-order valence-corrected chi connectivity index (χ4v) is 3.45. The molecule has 2 amide bonds. The Bertz CT molecular complexity index is 849. The maximum atomic E-state index is 12.7. The molecule has 0 spiro atoms. The Balaban J connectivity index is 1.76. The number of rotatable bonds is 5. The minimum absolute atomic E-state index is 0.284. The van der Waals surface area contributed by atoms with Gasteiger partial charge in [-0.3, -0.25) is 0 Å². The van der Waals surface area contributed by atoms with E-state index in [0.717, 1.165) is 14.7 Å². The van der Waals surface area contributed by atoms with Gasteiger partial charge in [0.25, 0.3) is 0 Å². The van der Waals surface area contributed by atoms with Gasteiger partial charge in [-0.05, 0) is 52.8 Å². The SMILES string of the molecule is CC1=C(C(=O)OCCc2ccccc2)[C@H](c2cccc(I)c2)NC(=O)N1. The smallest absolute Gasteiger partial charge is 0.338 e. The number of urea groups is 1. The van der Waals surface area contributed by atoms with Gasteiger partial charge in [-0.2, -0.15) is 0 Å². The van der Waals surface area contributed by atoms with Crippen LogP contribution >= 0.6 is 22.6 Å². The molecule has 0 unspecified atom stereocenters. The van der Waals surface area contributed by atoms with E-state index in [-0.39, 0.29) is 12.6 Å². The third-order valence-corrected chi connectivity index (χ3v) is 4.81. The summed E-state index contributed by atoms with van der Waals surface area (Å²) >= 11 is 2.21. The minimum Gasteiger partial charge on any atom is -0.462 e. The van der Waals surface area contributed by atoms with Gasteiger partial charge >= 0.3 is 12.0 Å². The van der Waals surface area contributed by atoms with Crippen molar-refractivity contribution in [1.29, 1.82) is 0 Å². The normalized spacial score (nSPS) is 16.7. The van der Waals surface area contributed by atoms with Crippen molar-refractivity contribution in [2.45, 2.75) is 19.4 Å². The van der Waals surface area contributed by atoms with E-state index < -0.39 is 12.0 Å². The first-order chi connectivity index (χ1) is 12.5. The van der Waals surface area contributed by atoms with Crippen LogP contribution in [0.25, 0.3) is 0 Å². The lowest BCUT2D eigenvalue weighted by Gasteiger charge is -2.28. The van der Waals surface area contributed by atoms with Gasteiger partial charge in [0.1, 0.15) is 0 Å². The molecule has 1 heterocycles. The number of amides is 2. The number of carbonyl (C=O) groups excluding carboxylic acids is 2. The van der Waals surface area contributed by atoms with Crippen LogP contribution in [0.4, 0.5) is 4.79 Å². The van der Waals surface area contributed by atoms with Crippen molar-refractivity contribution >= 4 is 34.6 Å². The molecule has 3 rings (SSSR count). The van der Waals surface area contributed by atoms with Gasteiger partial charge in [-0.15, -0.1) is 0 Å². The highest BCUT2D eigenvalue weighted by molar-refractivity contribution is 14.1. The van der Waals surface area contributed by atoms with Gasteiger partial charge in [0.05, 0.1) is 18.2 Å². The van der Waals surface area contributed by atoms with E-state index in [0.29, 0.717) is 17.7 Å². The predicted molar refractivity (Wildman–Crippen MR) is 107 cm³/mol. The van der Waals surface area contributed by atoms with Crippen molar-refractivity contribution in [3.8, 4) is 0 Å². The van der Waals surface area contributed by atoms with Crippen molar-refractivity contribution < 1.29 is 14.3 Å². The first-order valence-corrected chi connectivity index (χ1v) is 9.37. The number of nitrogens with one attached hydrogen (secondary N) is 2. The third-order valence-electron chi connectivity index (χ3n) is 4.14. The Morgan fingerprint density at radius 1 is 1.15 bits per heavy atom. The van der Waals surface area contributed by atoms with Crippen LogP contribution < -0.4 is 10.6 Å². The Kier molecular flexibility index (Phi) is 5.92. The third kappa shape index (κ3) is 4.43. The molecule has 134 valence electrons. The lowest BCUT2D eigenvalue weighted by Crippen LogP contribution is -2.45. The molecule has 0 fully saturated rings. The summed E-state index contributed by atoms with van der Waals surface area (Å²) < 4.78 is 6.51. The Labute approximate surface area is 166 Å². The highest BCUT2D eigenvalue weighted by atomic mass is 127. The summed E-state index contributed by atoms with van der Waals surface area (Å²) in [6.45, 7) is 2.00. The van der Waals surface area contributed by atoms with Gasteiger partial charge in [-0.1, -0.05) is 42.5 Å². The number of ether oxygens (including phenoxy) is 1. The fraction of sp³-hybridized carbons (Fsp3) is 0.200. The summed E-state index contributed by atoms with van der Waals surface area (Å²) in [7, 11) is 0. The topological polar surface area (TPSA) is 67.4 Å². The van der Waals surface area contributed by atoms with Crippen molar-refractivity contribution in [1.82, 2.24) is 10.6 Å². The second-order valence-corrected chi connectivity index (χ2v) is 7.24. The Morgan fingerprint density at radius 3 is 2.65 bits per heavy atom. The average molecular weight is 462 g/mol. The Hall–Kier alpha value is -2.35. The van der Waals surface area contributed by atoms with Gasteiger partial charge in [0, 0.05) is 15.7 Å². The molecule has 1 aliphatic heterocycles. The average Bonchev–Trinajstić information content (AvgIpc) is 2.62. The molecule has 2 aromatic carbocycles. The van der Waals surface area contributed by atoms with Gasteiger partial charge in [-0.25, -0.2) is 9.59 Å². The molecule has 2 N–H and O–H groups in total. The Morgan fingerprint density at radius 2 is 1.92 bits per heavy atom. The summed E-state index contributed by atoms with van der Waals surface area (Å²) in [5, 5.41) is 5.48. The number of hydrogen-bond acceptors (Lipinski definition) is 3. The van der Waals surface area contributed by atoms with Crippen molar-refractivity contribution in [3.63, 3.8) is 0 Å². The zero-order valence-electron chi connectivity index (χ0n) is 14.3. The van der Waals surface area contributed by atoms with Gasteiger partial charge in [0.15, 0.2) is 0 Å². The van der Waals surface area contributed by atoms with Gasteiger partial charge < -0.3 is 15.4 Å². The summed E-state index contributed by atoms with van der Waals surface area (Å²) in [5.74, 6) is -0.421. The van der Waals surface area contributed by atoms with Crippen molar-refractivity contribution in [3.05, 3.63) is 80.6 Å². The summed E-state index contributed by atoms with van der Waals surface area (Å²) in [6.07, 6.45) is 0.645. The lowest BCUT2D eigenvalue weighted by molar-refractivity contribution is -0.139. The number of allylic oxidation sites excluding steroid dienone is 1. The molecule has 0 bridgehead atoms. The molecule has 26 heavy (non-hydrogen) atoms. The molecule has 5 nitrogen and oxygen atoms in total. The number of esters is 1. The van der Waals surface area contributed by atoms with E-state index >= 15 is 0 Å². The molecule has 0 saturated carbocycles. The molecule has 0 aromatic heterocycles. The monoisotopic (exact) mass is 462 g/mol. The number of hydrogen-bond donors (Lipinski definition) is 2. The number of benzene rings is 2. The van der Waals surface area contributed by atoms with Crippen LogP contribution in [-0.2, 0) is 16.0 Å². The number of carbonyl (C=O) groups is 2. The first kappa shape index (κ1) is 18.4. The van der Waals surface area contributed by atoms with E-state index in [2.05, 4.69) is 33.2 Å². The molecule has 0 aliphatic carbocycles. The van der Waals surface area contributed by atoms with Crippen LogP contribution in [0.5, 0.6) is 0 Å². The second kappa shape index (κ2) is 8.35. The molecule has 0 saturated heterocycles. The molecule has 2 aromatic rings. The maximum absolute atomic E-state index is 12.7. The lowest BCUT2D eigenvalue weighted by atomic mass is 9.96. The highest BCUT2D eigenvalue weighted by Crippen LogP contribution is 2.28. The van der Waals surface area contributed by atoms with Gasteiger partial charge in [0.2, 0.25) is 0 Å². The van der Waals surface area contributed by atoms with E-state index in [1.54, 1.807) is 6.92 Å². The first-order valence-electron chi connectivity index (χ1n) is 8.29. The van der Waals surface area contributed by atoms with E-state index in [1.807, 2.05) is 54.6 Å². The second-order valence-electron chi connectivity index (χ2n) is 6.00. The minimum atomic E-state index is -0.525. The summed E-state index contributed by atoms with van der Waals surface area (Å²) in [6, 6.07) is 16.7. The number of halogens is 1. The molecule has 1 aliphatic rings. The molecule has 6 heteroatoms. The summed E-state index contributed by atoms with van der Waals surface area (Å²) in [5.41, 5.74) is 2.90. The predicted octanol–water partition coefficient (Wildman–Crippen LogP) is 3.71. The van der Waals surface area contributed by atoms with E-state index in [4.69, 9.17) is 4.74 Å². The van der Waals surface area contributed by atoms with Crippen molar-refractivity contribution in [2.75, 3.05) is 6.61 Å². The van der Waals surface area contributed by atoms with Crippen LogP contribution in [0.1, 0.15) is 24.1 Å². The van der Waals surface area contributed by atoms with Crippen LogP contribution in [0.15, 0.2) is 65.9 Å². The summed E-state index contributed by atoms with van der Waals surface area (Å²) in [4.78, 5) is 24.6. The molecule has 1 atom stereocenters. The quantitative estimate of drug-likeness (QED) is 0.526. The fourth-order valence-electron chi connectivity index (χ4n) is 2.88. The maximum Gasteiger partial charge on any atom is 0.338 e. The highest BCUT2D eigenvalue weighted by Gasteiger charge is 2.32. The van der Waals surface area contributed by atoms with Crippen LogP contribution in [-0.4, -0.2) is 18.6 Å². The van der Waals surface area contributed by atoms with Crippen LogP contribution in [0.2, 0.25) is 0 Å². The van der Waals surface area contributed by atoms with E-state index in [1.165, 1.54) is 0 Å². The standard InChI is InChI=1S/C20H19IN2O3/c1-13-17(19(24)26-11-10-14-6-3-2-4-7-14)18(23-20(25)22-13)15-8-5-9-16(21)12-15/h2-9,12,18H,10-11H2,1H3,(H2,22,23,25)/t18-/m0/s1. The zero-order valence-corrected chi connectivity index (χ0v) is 16.4. The van der Waals surface area contributed by atoms with E-state index in [9.17, 15) is 9.59 Å². The largest absolute Gasteiger partial charge is 0.462 e. The molecular formula is C20H19IN2O3. The molecule has 0 radical (unpaired) electrons. The van der Waals surface area contributed by atoms with Crippen LogP contribution in [0.3, 0.4) is 0 Å².